The molecule has 0 saturated carbocycles. The second-order valence-corrected chi connectivity index (χ2v) is 10.6. The molecular weight excluding hydrogens is 505 g/mol. The minimum atomic E-state index is -4.72. The lowest BCUT2D eigenvalue weighted by molar-refractivity contribution is -0.274. The number of aromatic amines is 1. The fraction of sp³-hybridized carbons (Fsp3) is 0.333. The third-order valence-electron chi connectivity index (χ3n) is 5.32. The maximum atomic E-state index is 12.4. The van der Waals surface area contributed by atoms with Crippen LogP contribution in [0.3, 0.4) is 0 Å². The number of rotatable bonds is 8. The standard InChI is InChI=1S/C27H27F3N2O4S/c1-16-23(37-25(32-16)17-5-7-19(8-6-17)35-27(28,29)30)11-12-34-20-9-10-21-18(15-31-22(21)14-20)13-24(33)36-26(2,3)4/h5-10,14-15,31H,11-13H2,1-4H3. The van der Waals surface area contributed by atoms with Gasteiger partial charge in [-0.3, -0.25) is 4.79 Å². The molecule has 2 aromatic heterocycles. The van der Waals surface area contributed by atoms with Crippen molar-refractivity contribution < 1.29 is 32.2 Å². The van der Waals surface area contributed by atoms with E-state index in [2.05, 4.69) is 14.7 Å². The summed E-state index contributed by atoms with van der Waals surface area (Å²) < 4.78 is 52.4. The molecular formula is C27H27F3N2O4S. The summed E-state index contributed by atoms with van der Waals surface area (Å²) in [6, 6.07) is 11.3. The van der Waals surface area contributed by atoms with Crippen LogP contribution in [-0.4, -0.2) is 34.5 Å². The molecule has 1 N–H and O–H groups in total. The summed E-state index contributed by atoms with van der Waals surface area (Å²) in [5, 5.41) is 1.66. The molecule has 0 aliphatic heterocycles. The van der Waals surface area contributed by atoms with E-state index in [1.165, 1.54) is 23.5 Å². The molecule has 0 aliphatic carbocycles. The van der Waals surface area contributed by atoms with Crippen molar-refractivity contribution in [1.29, 1.82) is 0 Å². The summed E-state index contributed by atoms with van der Waals surface area (Å²) in [4.78, 5) is 21.0. The van der Waals surface area contributed by atoms with Gasteiger partial charge >= 0.3 is 12.3 Å². The molecule has 0 aliphatic rings. The number of H-pyrrole nitrogens is 1. The third kappa shape index (κ3) is 7.25. The van der Waals surface area contributed by atoms with Gasteiger partial charge in [0.2, 0.25) is 0 Å². The van der Waals surface area contributed by atoms with Crippen LogP contribution in [0.5, 0.6) is 11.5 Å². The maximum Gasteiger partial charge on any atom is 0.573 e. The van der Waals surface area contributed by atoms with E-state index >= 15 is 0 Å². The number of nitrogens with one attached hydrogen (secondary N) is 1. The van der Waals surface area contributed by atoms with Gasteiger partial charge in [-0.2, -0.15) is 0 Å². The van der Waals surface area contributed by atoms with Crippen molar-refractivity contribution in [1.82, 2.24) is 9.97 Å². The minimum Gasteiger partial charge on any atom is -0.493 e. The highest BCUT2D eigenvalue weighted by Crippen LogP contribution is 2.31. The zero-order chi connectivity index (χ0) is 26.8. The summed E-state index contributed by atoms with van der Waals surface area (Å²) in [5.41, 5.74) is 2.77. The van der Waals surface area contributed by atoms with Crippen LogP contribution in [0.1, 0.15) is 36.9 Å². The largest absolute Gasteiger partial charge is 0.573 e. The molecule has 0 bridgehead atoms. The van der Waals surface area contributed by atoms with Gasteiger partial charge in [0.15, 0.2) is 0 Å². The van der Waals surface area contributed by atoms with Crippen molar-refractivity contribution >= 4 is 28.2 Å². The van der Waals surface area contributed by atoms with Gasteiger partial charge in [0.25, 0.3) is 0 Å². The lowest BCUT2D eigenvalue weighted by atomic mass is 10.1. The highest BCUT2D eigenvalue weighted by molar-refractivity contribution is 7.15. The summed E-state index contributed by atoms with van der Waals surface area (Å²) in [5.74, 6) is 0.147. The number of nitrogens with zero attached hydrogens (tertiary/aromatic N) is 1. The van der Waals surface area contributed by atoms with E-state index < -0.39 is 12.0 Å². The number of thiazole rings is 1. The van der Waals surface area contributed by atoms with Crippen LogP contribution in [0.25, 0.3) is 21.5 Å². The first kappa shape index (κ1) is 26.5. The molecule has 0 fully saturated rings. The summed E-state index contributed by atoms with van der Waals surface area (Å²) in [6.07, 6.45) is -2.10. The van der Waals surface area contributed by atoms with E-state index in [1.54, 1.807) is 12.1 Å². The molecule has 0 spiro atoms. The Kier molecular flexibility index (Phi) is 7.49. The van der Waals surface area contributed by atoms with Gasteiger partial charge in [0.05, 0.1) is 18.7 Å². The topological polar surface area (TPSA) is 73.4 Å². The Morgan fingerprint density at radius 2 is 1.76 bits per heavy atom. The number of aromatic nitrogens is 2. The van der Waals surface area contributed by atoms with Crippen molar-refractivity contribution in [2.24, 2.45) is 0 Å². The van der Waals surface area contributed by atoms with E-state index in [9.17, 15) is 18.0 Å². The average Bonchev–Trinajstić information content (AvgIpc) is 3.35. The lowest BCUT2D eigenvalue weighted by Gasteiger charge is -2.19. The number of benzene rings is 2. The molecule has 10 heteroatoms. The van der Waals surface area contributed by atoms with E-state index in [0.717, 1.165) is 32.0 Å². The highest BCUT2D eigenvalue weighted by atomic mass is 32.1. The van der Waals surface area contributed by atoms with Crippen LogP contribution in [0.2, 0.25) is 0 Å². The Hall–Kier alpha value is -3.53. The first-order valence-corrected chi connectivity index (χ1v) is 12.4. The Balaban J connectivity index is 1.35. The van der Waals surface area contributed by atoms with E-state index in [0.29, 0.717) is 24.3 Å². The van der Waals surface area contributed by atoms with Crippen molar-refractivity contribution in [2.75, 3.05) is 6.61 Å². The molecule has 2 heterocycles. The molecule has 4 aromatic rings. The summed E-state index contributed by atoms with van der Waals surface area (Å²) in [7, 11) is 0. The first-order chi connectivity index (χ1) is 17.4. The monoisotopic (exact) mass is 532 g/mol. The van der Waals surface area contributed by atoms with E-state index in [4.69, 9.17) is 9.47 Å². The Labute approximate surface area is 216 Å². The zero-order valence-corrected chi connectivity index (χ0v) is 21.7. The molecule has 0 unspecified atom stereocenters. The molecule has 6 nitrogen and oxygen atoms in total. The average molecular weight is 533 g/mol. The van der Waals surface area contributed by atoms with Gasteiger partial charge < -0.3 is 19.2 Å². The number of carbonyl (C=O) groups excluding carboxylic acids is 1. The second kappa shape index (κ2) is 10.5. The molecule has 2 aromatic carbocycles. The van der Waals surface area contributed by atoms with Crippen LogP contribution in [-0.2, 0) is 22.4 Å². The van der Waals surface area contributed by atoms with Crippen LogP contribution in [0.4, 0.5) is 13.2 Å². The molecule has 196 valence electrons. The number of carbonyl (C=O) groups is 1. The molecule has 0 radical (unpaired) electrons. The van der Waals surface area contributed by atoms with Crippen LogP contribution >= 0.6 is 11.3 Å². The van der Waals surface area contributed by atoms with Crippen molar-refractivity contribution in [3.63, 3.8) is 0 Å². The number of halogens is 3. The summed E-state index contributed by atoms with van der Waals surface area (Å²) in [6.45, 7) is 7.84. The third-order valence-corrected chi connectivity index (χ3v) is 6.59. The fourth-order valence-corrected chi connectivity index (χ4v) is 4.83. The van der Waals surface area contributed by atoms with Gasteiger partial charge in [-0.15, -0.1) is 24.5 Å². The quantitative estimate of drug-likeness (QED) is 0.247. The van der Waals surface area contributed by atoms with Crippen molar-refractivity contribution in [3.05, 3.63) is 64.8 Å². The number of ether oxygens (including phenoxy) is 3. The van der Waals surface area contributed by atoms with Gasteiger partial charge in [-0.1, -0.05) is 0 Å². The van der Waals surface area contributed by atoms with Gasteiger partial charge in [0, 0.05) is 40.0 Å². The smallest absolute Gasteiger partial charge is 0.493 e. The number of hydrogen-bond donors (Lipinski definition) is 1. The number of alkyl halides is 3. The van der Waals surface area contributed by atoms with Crippen LogP contribution in [0.15, 0.2) is 48.7 Å². The predicted octanol–water partition coefficient (Wildman–Crippen LogP) is 7.00. The Bertz CT molecular complexity index is 1390. The Morgan fingerprint density at radius 1 is 1.05 bits per heavy atom. The predicted molar refractivity (Wildman–Crippen MR) is 136 cm³/mol. The summed E-state index contributed by atoms with van der Waals surface area (Å²) >= 11 is 1.48. The van der Waals surface area contributed by atoms with Crippen molar-refractivity contribution in [3.8, 4) is 22.1 Å². The van der Waals surface area contributed by atoms with Gasteiger partial charge in [-0.25, -0.2) is 4.98 Å². The first-order valence-electron chi connectivity index (χ1n) is 11.6. The SMILES string of the molecule is Cc1nc(-c2ccc(OC(F)(F)F)cc2)sc1CCOc1ccc2c(CC(=O)OC(C)(C)C)c[nH]c2c1. The number of aryl methyl sites for hydroxylation is 1. The van der Waals surface area contributed by atoms with Gasteiger partial charge in [0.1, 0.15) is 22.1 Å². The molecule has 37 heavy (non-hydrogen) atoms. The molecule has 0 saturated heterocycles. The van der Waals surface area contributed by atoms with E-state index in [1.807, 2.05) is 52.1 Å². The maximum absolute atomic E-state index is 12.4. The van der Waals surface area contributed by atoms with E-state index in [-0.39, 0.29) is 18.1 Å². The van der Waals surface area contributed by atoms with Crippen molar-refractivity contribution in [2.45, 2.75) is 52.5 Å². The molecule has 0 atom stereocenters. The van der Waals surface area contributed by atoms with Crippen LogP contribution in [0, 0.1) is 6.92 Å². The zero-order valence-electron chi connectivity index (χ0n) is 20.9. The minimum absolute atomic E-state index is 0.183. The number of hydrogen-bond acceptors (Lipinski definition) is 6. The number of esters is 1. The Morgan fingerprint density at radius 3 is 2.43 bits per heavy atom. The van der Waals surface area contributed by atoms with Crippen LogP contribution < -0.4 is 9.47 Å². The number of fused-ring (bicyclic) bond motifs is 1. The highest BCUT2D eigenvalue weighted by Gasteiger charge is 2.31. The van der Waals surface area contributed by atoms with Gasteiger partial charge in [-0.05, 0) is 69.7 Å². The molecule has 0 amide bonds. The fourth-order valence-electron chi connectivity index (χ4n) is 3.78. The second-order valence-electron chi connectivity index (χ2n) is 9.48. The molecule has 4 rings (SSSR count). The lowest BCUT2D eigenvalue weighted by Crippen LogP contribution is -2.24. The normalized spacial score (nSPS) is 12.1.